The zero-order valence-corrected chi connectivity index (χ0v) is 14.9. The highest BCUT2D eigenvalue weighted by Crippen LogP contribution is 2.70. The average Bonchev–Trinajstić information content (AvgIpc) is 2.70. The maximum Gasteiger partial charge on any atom is 0.410 e. The fourth-order valence-corrected chi connectivity index (χ4v) is 4.84. The van der Waals surface area contributed by atoms with Crippen molar-refractivity contribution >= 4 is 18.1 Å². The van der Waals surface area contributed by atoms with E-state index < -0.39 is 17.0 Å². The molecule has 3 aliphatic carbocycles. The molecule has 5 fully saturated rings. The molecule has 8 nitrogen and oxygen atoms in total. The second-order valence-electron chi connectivity index (χ2n) is 9.01. The number of carbonyl (C=O) groups excluding carboxylic acids is 2. The molecule has 8 heteroatoms. The van der Waals surface area contributed by atoms with E-state index in [9.17, 15) is 19.5 Å². The van der Waals surface area contributed by atoms with Gasteiger partial charge in [-0.3, -0.25) is 4.79 Å². The zero-order chi connectivity index (χ0) is 18.2. The van der Waals surface area contributed by atoms with E-state index in [1.807, 2.05) is 30.6 Å². The van der Waals surface area contributed by atoms with Crippen molar-refractivity contribution < 1.29 is 24.2 Å². The first kappa shape index (κ1) is 16.5. The van der Waals surface area contributed by atoms with Gasteiger partial charge in [-0.05, 0) is 40.0 Å². The van der Waals surface area contributed by atoms with Crippen molar-refractivity contribution in [2.45, 2.75) is 57.2 Å². The lowest BCUT2D eigenvalue weighted by Gasteiger charge is -2.70. The van der Waals surface area contributed by atoms with Crippen molar-refractivity contribution in [2.75, 3.05) is 26.2 Å². The van der Waals surface area contributed by atoms with Gasteiger partial charge in [0.15, 0.2) is 0 Å². The number of carboxylic acids is 1. The van der Waals surface area contributed by atoms with Crippen LogP contribution in [-0.2, 0) is 9.53 Å². The lowest BCUT2D eigenvalue weighted by Crippen LogP contribution is -2.77. The Morgan fingerprint density at radius 2 is 1.80 bits per heavy atom. The van der Waals surface area contributed by atoms with E-state index in [0.29, 0.717) is 45.4 Å². The van der Waals surface area contributed by atoms with E-state index in [-0.39, 0.29) is 23.7 Å². The third-order valence-corrected chi connectivity index (χ3v) is 6.03. The third-order valence-electron chi connectivity index (χ3n) is 6.03. The van der Waals surface area contributed by atoms with E-state index in [2.05, 4.69) is 0 Å². The van der Waals surface area contributed by atoms with Gasteiger partial charge in [0.1, 0.15) is 5.60 Å². The highest BCUT2D eigenvalue weighted by molar-refractivity contribution is 5.84. The fraction of sp³-hybridized carbons (Fsp3) is 0.824. The number of aliphatic carboxylic acids is 1. The number of fused-ring (bicyclic) bond motifs is 1. The van der Waals surface area contributed by atoms with Gasteiger partial charge in [0, 0.05) is 31.7 Å². The van der Waals surface area contributed by atoms with Crippen molar-refractivity contribution in [3.8, 4) is 0 Å². The van der Waals surface area contributed by atoms with Crippen LogP contribution < -0.4 is 0 Å². The molecule has 138 valence electrons. The van der Waals surface area contributed by atoms with Crippen LogP contribution >= 0.6 is 0 Å². The Bertz CT molecular complexity index is 635. The van der Waals surface area contributed by atoms with E-state index in [0.717, 1.165) is 0 Å². The number of hydrogen-bond donors (Lipinski definition) is 1. The summed E-state index contributed by atoms with van der Waals surface area (Å²) in [7, 11) is 0. The molecule has 3 amide bonds. The van der Waals surface area contributed by atoms with Crippen LogP contribution in [0.5, 0.6) is 0 Å². The number of piperazine rings is 1. The summed E-state index contributed by atoms with van der Waals surface area (Å²) in [4.78, 5) is 41.7. The molecule has 5 aliphatic rings. The highest BCUT2D eigenvalue weighted by atomic mass is 16.6. The van der Waals surface area contributed by atoms with Crippen molar-refractivity contribution in [1.29, 1.82) is 0 Å². The molecule has 0 aromatic carbocycles. The lowest BCUT2D eigenvalue weighted by atomic mass is 9.39. The monoisotopic (exact) mass is 351 g/mol. The summed E-state index contributed by atoms with van der Waals surface area (Å²) in [6, 6.07) is -0.0453. The third kappa shape index (κ3) is 2.29. The molecule has 0 unspecified atom stereocenters. The van der Waals surface area contributed by atoms with E-state index in [1.165, 1.54) is 0 Å². The summed E-state index contributed by atoms with van der Waals surface area (Å²) in [5.41, 5.74) is -1.39. The summed E-state index contributed by atoms with van der Waals surface area (Å²) >= 11 is 0. The van der Waals surface area contributed by atoms with Crippen LogP contribution in [-0.4, -0.2) is 81.3 Å². The molecule has 2 heterocycles. The second kappa shape index (κ2) is 4.80. The van der Waals surface area contributed by atoms with Gasteiger partial charge in [0.2, 0.25) is 0 Å². The van der Waals surface area contributed by atoms with Crippen LogP contribution in [0.3, 0.4) is 0 Å². The van der Waals surface area contributed by atoms with Crippen LogP contribution in [0, 0.1) is 5.41 Å². The Labute approximate surface area is 146 Å². The topological polar surface area (TPSA) is 90.4 Å². The summed E-state index contributed by atoms with van der Waals surface area (Å²) in [5, 5.41) is 9.28. The lowest BCUT2D eigenvalue weighted by molar-refractivity contribution is -0.219. The van der Waals surface area contributed by atoms with Crippen LogP contribution in [0.2, 0.25) is 0 Å². The highest BCUT2D eigenvalue weighted by Gasteiger charge is 2.76. The summed E-state index contributed by atoms with van der Waals surface area (Å²) < 4.78 is 5.43. The van der Waals surface area contributed by atoms with Gasteiger partial charge in [-0.1, -0.05) is 0 Å². The first-order valence-corrected chi connectivity index (χ1v) is 8.85. The largest absolute Gasteiger partial charge is 0.481 e. The van der Waals surface area contributed by atoms with Crippen LogP contribution in [0.4, 0.5) is 9.59 Å². The Morgan fingerprint density at radius 1 is 1.16 bits per heavy atom. The molecule has 1 atom stereocenters. The molecule has 0 radical (unpaired) electrons. The van der Waals surface area contributed by atoms with Gasteiger partial charge >= 0.3 is 18.1 Å². The Hall–Kier alpha value is -1.99. The second-order valence-corrected chi connectivity index (χ2v) is 9.01. The molecule has 25 heavy (non-hydrogen) atoms. The number of ether oxygens (including phenoxy) is 1. The minimum absolute atomic E-state index is 0.00692. The molecule has 3 saturated carbocycles. The minimum Gasteiger partial charge on any atom is -0.481 e. The smallest absolute Gasteiger partial charge is 0.410 e. The zero-order valence-electron chi connectivity index (χ0n) is 14.9. The predicted molar refractivity (Wildman–Crippen MR) is 87.1 cm³/mol. The molecule has 0 aromatic heterocycles. The number of rotatable bonds is 2. The van der Waals surface area contributed by atoms with Crippen molar-refractivity contribution in [1.82, 2.24) is 14.7 Å². The number of urea groups is 1. The van der Waals surface area contributed by atoms with Gasteiger partial charge in [0.05, 0.1) is 11.5 Å². The van der Waals surface area contributed by atoms with E-state index in [4.69, 9.17) is 4.74 Å². The van der Waals surface area contributed by atoms with Gasteiger partial charge in [-0.15, -0.1) is 0 Å². The molecule has 1 N–H and O–H groups in total. The van der Waals surface area contributed by atoms with Crippen molar-refractivity contribution in [3.63, 3.8) is 0 Å². The Morgan fingerprint density at radius 3 is 2.36 bits per heavy atom. The van der Waals surface area contributed by atoms with Gasteiger partial charge in [-0.25, -0.2) is 9.59 Å². The first-order chi connectivity index (χ1) is 11.6. The molecule has 2 aliphatic heterocycles. The summed E-state index contributed by atoms with van der Waals surface area (Å²) in [6.45, 7) is 7.51. The Balaban J connectivity index is 1.40. The standard InChI is InChI=1S/C17H25N3O5/c1-15(2,3)25-14(24)18-4-5-19-11(6-18)7-20(13(19)23)17-8-16(9-17,10-17)12(21)22/h11H,4-10H2,1-3H3,(H,21,22)/t11-,16?,17?/m0/s1. The molecular formula is C17H25N3O5. The molecular weight excluding hydrogens is 326 g/mol. The molecule has 5 rings (SSSR count). The quantitative estimate of drug-likeness (QED) is 0.811. The number of hydrogen-bond acceptors (Lipinski definition) is 4. The average molecular weight is 351 g/mol. The normalized spacial score (nSPS) is 36.5. The minimum atomic E-state index is -0.741. The predicted octanol–water partition coefficient (Wildman–Crippen LogP) is 1.35. The van der Waals surface area contributed by atoms with Gasteiger partial charge in [-0.2, -0.15) is 0 Å². The van der Waals surface area contributed by atoms with Gasteiger partial charge in [0.25, 0.3) is 0 Å². The Kier molecular flexibility index (Phi) is 3.16. The van der Waals surface area contributed by atoms with Gasteiger partial charge < -0.3 is 24.5 Å². The number of carbonyl (C=O) groups is 3. The number of amides is 3. The maximum atomic E-state index is 12.8. The van der Waals surface area contributed by atoms with Crippen LogP contribution in [0.1, 0.15) is 40.0 Å². The maximum absolute atomic E-state index is 12.8. The van der Waals surface area contributed by atoms with Crippen molar-refractivity contribution in [2.24, 2.45) is 5.41 Å². The van der Waals surface area contributed by atoms with E-state index in [1.54, 1.807) is 4.90 Å². The number of nitrogens with zero attached hydrogens (tertiary/aromatic N) is 3. The molecule has 2 saturated heterocycles. The number of carboxylic acid groups (broad SMARTS) is 1. The summed E-state index contributed by atoms with van der Waals surface area (Å²) in [5.74, 6) is -0.741. The fourth-order valence-electron chi connectivity index (χ4n) is 4.84. The van der Waals surface area contributed by atoms with E-state index >= 15 is 0 Å². The summed E-state index contributed by atoms with van der Waals surface area (Å²) in [6.07, 6.45) is 1.36. The first-order valence-electron chi connectivity index (χ1n) is 8.85. The van der Waals surface area contributed by atoms with Crippen LogP contribution in [0.25, 0.3) is 0 Å². The molecule has 2 bridgehead atoms. The molecule has 0 aromatic rings. The van der Waals surface area contributed by atoms with Crippen LogP contribution in [0.15, 0.2) is 0 Å². The molecule has 0 spiro atoms. The van der Waals surface area contributed by atoms with Crippen molar-refractivity contribution in [3.05, 3.63) is 0 Å². The SMILES string of the molecule is CC(C)(C)OC(=O)N1CCN2C(=O)N(C34CC(C(=O)O)(C3)C4)C[C@@H]2C1.